The third kappa shape index (κ3) is 2.47. The molecule has 1 heterocycles. The van der Waals surface area contributed by atoms with Crippen molar-refractivity contribution in [1.29, 1.82) is 0 Å². The molecule has 0 spiro atoms. The summed E-state index contributed by atoms with van der Waals surface area (Å²) in [5.74, 6) is -0.816. The van der Waals surface area contributed by atoms with Crippen LogP contribution in [0.5, 0.6) is 0 Å². The molecule has 0 radical (unpaired) electrons. The number of hydrogen-bond donors (Lipinski definition) is 2. The van der Waals surface area contributed by atoms with E-state index in [9.17, 15) is 9.18 Å². The fourth-order valence-electron chi connectivity index (χ4n) is 2.22. The fourth-order valence-corrected chi connectivity index (χ4v) is 2.34. The molecule has 0 bridgehead atoms. The number of amides is 1. The first kappa shape index (κ1) is 12.9. The molecule has 1 aliphatic heterocycles. The fraction of sp³-hybridized carbons (Fsp3) is 0.133. The monoisotopic (exact) mass is 290 g/mol. The van der Waals surface area contributed by atoms with Crippen LogP contribution in [0.4, 0.5) is 15.8 Å². The highest BCUT2D eigenvalue weighted by Gasteiger charge is 2.14. The van der Waals surface area contributed by atoms with E-state index in [4.69, 9.17) is 11.6 Å². The molecule has 0 aliphatic carbocycles. The lowest BCUT2D eigenvalue weighted by Gasteiger charge is -2.07. The van der Waals surface area contributed by atoms with Gasteiger partial charge in [-0.15, -0.1) is 0 Å². The summed E-state index contributed by atoms with van der Waals surface area (Å²) in [6.45, 7) is 0.892. The van der Waals surface area contributed by atoms with Gasteiger partial charge in [0.25, 0.3) is 5.91 Å². The minimum Gasteiger partial charge on any atom is -0.384 e. The number of benzene rings is 2. The number of anilines is 2. The van der Waals surface area contributed by atoms with Crippen LogP contribution in [-0.4, -0.2) is 12.5 Å². The standard InChI is InChI=1S/C15H12ClFN2O/c16-12-3-2-11(8-13(12)17)19-15(20)10-1-4-14-9(7-10)5-6-18-14/h1-4,7-8,18H,5-6H2,(H,19,20). The molecule has 5 heteroatoms. The van der Waals surface area contributed by atoms with Gasteiger partial charge in [0, 0.05) is 23.5 Å². The summed E-state index contributed by atoms with van der Waals surface area (Å²) < 4.78 is 13.3. The summed E-state index contributed by atoms with van der Waals surface area (Å²) >= 11 is 5.60. The van der Waals surface area contributed by atoms with Crippen LogP contribution in [-0.2, 0) is 6.42 Å². The van der Waals surface area contributed by atoms with Gasteiger partial charge in [0.2, 0.25) is 0 Å². The van der Waals surface area contributed by atoms with E-state index < -0.39 is 5.82 Å². The largest absolute Gasteiger partial charge is 0.384 e. The van der Waals surface area contributed by atoms with Crippen LogP contribution in [0.15, 0.2) is 36.4 Å². The first-order valence-corrected chi connectivity index (χ1v) is 6.64. The molecule has 2 aromatic rings. The number of carbonyl (C=O) groups is 1. The van der Waals surface area contributed by atoms with E-state index in [1.165, 1.54) is 12.1 Å². The highest BCUT2D eigenvalue weighted by atomic mass is 35.5. The summed E-state index contributed by atoms with van der Waals surface area (Å²) in [7, 11) is 0. The molecule has 20 heavy (non-hydrogen) atoms. The summed E-state index contributed by atoms with van der Waals surface area (Å²) in [6.07, 6.45) is 0.909. The maximum atomic E-state index is 13.3. The number of fused-ring (bicyclic) bond motifs is 1. The molecule has 2 N–H and O–H groups in total. The van der Waals surface area contributed by atoms with E-state index in [0.717, 1.165) is 24.2 Å². The van der Waals surface area contributed by atoms with Crippen LogP contribution in [0.25, 0.3) is 0 Å². The molecule has 0 atom stereocenters. The van der Waals surface area contributed by atoms with Gasteiger partial charge in [0.15, 0.2) is 0 Å². The van der Waals surface area contributed by atoms with Crippen molar-refractivity contribution in [1.82, 2.24) is 0 Å². The maximum Gasteiger partial charge on any atom is 0.255 e. The molecule has 0 saturated carbocycles. The first-order chi connectivity index (χ1) is 9.63. The van der Waals surface area contributed by atoms with Crippen LogP contribution in [0.3, 0.4) is 0 Å². The normalized spacial score (nSPS) is 12.7. The van der Waals surface area contributed by atoms with Gasteiger partial charge in [-0.3, -0.25) is 4.79 Å². The summed E-state index contributed by atoms with van der Waals surface area (Å²) in [4.78, 5) is 12.1. The van der Waals surface area contributed by atoms with E-state index in [0.29, 0.717) is 11.3 Å². The molecule has 102 valence electrons. The van der Waals surface area contributed by atoms with Crippen LogP contribution in [0, 0.1) is 5.82 Å². The Hall–Kier alpha value is -2.07. The van der Waals surface area contributed by atoms with Crippen LogP contribution in [0.2, 0.25) is 5.02 Å². The first-order valence-electron chi connectivity index (χ1n) is 6.27. The topological polar surface area (TPSA) is 41.1 Å². The van der Waals surface area contributed by atoms with Crippen LogP contribution >= 0.6 is 11.6 Å². The third-order valence-electron chi connectivity index (χ3n) is 3.25. The summed E-state index contributed by atoms with van der Waals surface area (Å²) in [5.41, 5.74) is 3.14. The maximum absolute atomic E-state index is 13.3. The Balaban J connectivity index is 1.80. The highest BCUT2D eigenvalue weighted by Crippen LogP contribution is 2.24. The predicted molar refractivity (Wildman–Crippen MR) is 78.0 cm³/mol. The highest BCUT2D eigenvalue weighted by molar-refractivity contribution is 6.30. The van der Waals surface area contributed by atoms with E-state index in [1.807, 2.05) is 12.1 Å². The van der Waals surface area contributed by atoms with E-state index in [1.54, 1.807) is 12.1 Å². The zero-order valence-electron chi connectivity index (χ0n) is 10.5. The van der Waals surface area contributed by atoms with Gasteiger partial charge in [-0.1, -0.05) is 11.6 Å². The van der Waals surface area contributed by atoms with Crippen molar-refractivity contribution in [2.75, 3.05) is 17.2 Å². The van der Waals surface area contributed by atoms with Crippen molar-refractivity contribution in [3.8, 4) is 0 Å². The lowest BCUT2D eigenvalue weighted by Crippen LogP contribution is -2.12. The van der Waals surface area contributed by atoms with Crippen molar-refractivity contribution >= 4 is 28.9 Å². The van der Waals surface area contributed by atoms with Crippen LogP contribution < -0.4 is 10.6 Å². The number of carbonyl (C=O) groups excluding carboxylic acids is 1. The smallest absolute Gasteiger partial charge is 0.255 e. The summed E-state index contributed by atoms with van der Waals surface area (Å²) in [6, 6.07) is 9.68. The van der Waals surface area contributed by atoms with Gasteiger partial charge in [-0.25, -0.2) is 4.39 Å². The molecule has 1 amide bonds. The van der Waals surface area contributed by atoms with Gasteiger partial charge in [0.1, 0.15) is 5.82 Å². The molecule has 2 aromatic carbocycles. The molecule has 0 fully saturated rings. The molecule has 3 nitrogen and oxygen atoms in total. The second kappa shape index (κ2) is 5.13. The number of nitrogens with one attached hydrogen (secondary N) is 2. The van der Waals surface area contributed by atoms with Crippen molar-refractivity contribution in [2.45, 2.75) is 6.42 Å². The second-order valence-corrected chi connectivity index (χ2v) is 5.04. The van der Waals surface area contributed by atoms with Gasteiger partial charge in [-0.2, -0.15) is 0 Å². The Morgan fingerprint density at radius 1 is 1.25 bits per heavy atom. The lowest BCUT2D eigenvalue weighted by atomic mass is 10.1. The van der Waals surface area contributed by atoms with Gasteiger partial charge in [-0.05, 0) is 48.4 Å². The zero-order valence-corrected chi connectivity index (χ0v) is 11.3. The minimum absolute atomic E-state index is 0.0339. The van der Waals surface area contributed by atoms with Crippen molar-refractivity contribution < 1.29 is 9.18 Å². The van der Waals surface area contributed by atoms with Crippen LogP contribution in [0.1, 0.15) is 15.9 Å². The molecule has 0 saturated heterocycles. The number of hydrogen-bond acceptors (Lipinski definition) is 2. The lowest BCUT2D eigenvalue weighted by molar-refractivity contribution is 0.102. The average molecular weight is 291 g/mol. The minimum atomic E-state index is -0.553. The molecule has 0 unspecified atom stereocenters. The van der Waals surface area contributed by atoms with Crippen molar-refractivity contribution in [2.24, 2.45) is 0 Å². The van der Waals surface area contributed by atoms with Gasteiger partial charge in [0.05, 0.1) is 5.02 Å². The number of halogens is 2. The average Bonchev–Trinajstić information content (AvgIpc) is 2.90. The Morgan fingerprint density at radius 3 is 2.90 bits per heavy atom. The quantitative estimate of drug-likeness (QED) is 0.885. The summed E-state index contributed by atoms with van der Waals surface area (Å²) in [5, 5.41) is 5.93. The second-order valence-electron chi connectivity index (χ2n) is 4.63. The van der Waals surface area contributed by atoms with E-state index in [-0.39, 0.29) is 10.9 Å². The Labute approximate surface area is 120 Å². The van der Waals surface area contributed by atoms with E-state index in [2.05, 4.69) is 10.6 Å². The third-order valence-corrected chi connectivity index (χ3v) is 3.56. The van der Waals surface area contributed by atoms with Crippen molar-refractivity contribution in [3.05, 3.63) is 58.4 Å². The van der Waals surface area contributed by atoms with E-state index >= 15 is 0 Å². The molecule has 0 aromatic heterocycles. The molecule has 3 rings (SSSR count). The Bertz CT molecular complexity index is 688. The molecular weight excluding hydrogens is 279 g/mol. The molecular formula is C15H12ClFN2O. The Kier molecular flexibility index (Phi) is 3.32. The molecule has 1 aliphatic rings. The number of rotatable bonds is 2. The SMILES string of the molecule is O=C(Nc1ccc(Cl)c(F)c1)c1ccc2c(c1)CCN2. The van der Waals surface area contributed by atoms with Crippen molar-refractivity contribution in [3.63, 3.8) is 0 Å². The van der Waals surface area contributed by atoms with Gasteiger partial charge < -0.3 is 10.6 Å². The van der Waals surface area contributed by atoms with Gasteiger partial charge >= 0.3 is 0 Å². The zero-order chi connectivity index (χ0) is 14.1. The predicted octanol–water partition coefficient (Wildman–Crippen LogP) is 3.70. The Morgan fingerprint density at radius 2 is 2.10 bits per heavy atom.